The number of hydrogen-bond donors (Lipinski definition) is 0. The molecular formula is C17H14FN3O4. The number of carbonyl (C=O) groups excluding carboxylic acids is 1. The molecule has 0 fully saturated rings. The van der Waals surface area contributed by atoms with Gasteiger partial charge in [-0.1, -0.05) is 5.16 Å². The fraction of sp³-hybridized carbons (Fsp3) is 0.176. The number of carbonyl (C=O) groups is 1. The number of hydrogen-bond acceptors (Lipinski definition) is 7. The van der Waals surface area contributed by atoms with Crippen LogP contribution in [0.4, 0.5) is 4.39 Å². The zero-order chi connectivity index (χ0) is 17.8. The number of pyridine rings is 2. The summed E-state index contributed by atoms with van der Waals surface area (Å²) in [4.78, 5) is 19.3. The first-order chi connectivity index (χ1) is 12.1. The average molecular weight is 343 g/mol. The summed E-state index contributed by atoms with van der Waals surface area (Å²) >= 11 is 0. The maximum Gasteiger partial charge on any atom is 0.356 e. The molecule has 0 N–H and O–H groups in total. The normalized spacial score (nSPS) is 10.5. The molecule has 7 nitrogen and oxygen atoms in total. The summed E-state index contributed by atoms with van der Waals surface area (Å²) in [5.74, 6) is 0.0798. The van der Waals surface area contributed by atoms with Crippen molar-refractivity contribution >= 4 is 5.97 Å². The van der Waals surface area contributed by atoms with Crippen molar-refractivity contribution < 1.29 is 23.2 Å². The van der Waals surface area contributed by atoms with Crippen molar-refractivity contribution in [2.45, 2.75) is 13.5 Å². The largest absolute Gasteiger partial charge is 0.487 e. The van der Waals surface area contributed by atoms with Gasteiger partial charge in [-0.05, 0) is 31.2 Å². The minimum atomic E-state index is -0.522. The van der Waals surface area contributed by atoms with Crippen molar-refractivity contribution in [2.75, 3.05) is 7.11 Å². The molecule has 0 aliphatic rings. The molecule has 0 aliphatic carbocycles. The Labute approximate surface area is 142 Å². The van der Waals surface area contributed by atoms with Crippen LogP contribution >= 0.6 is 0 Å². The average Bonchev–Trinajstić information content (AvgIpc) is 3.01. The van der Waals surface area contributed by atoms with Crippen LogP contribution in [0.1, 0.15) is 21.8 Å². The molecule has 3 aromatic rings. The number of aryl methyl sites for hydroxylation is 1. The first-order valence-electron chi connectivity index (χ1n) is 7.32. The quantitative estimate of drug-likeness (QED) is 0.658. The molecule has 128 valence electrons. The third-order valence-electron chi connectivity index (χ3n) is 3.47. The lowest BCUT2D eigenvalue weighted by Gasteiger charge is -2.07. The number of rotatable bonds is 5. The zero-order valence-electron chi connectivity index (χ0n) is 13.5. The Morgan fingerprint density at radius 2 is 2.04 bits per heavy atom. The highest BCUT2D eigenvalue weighted by molar-refractivity contribution is 5.87. The molecule has 0 unspecified atom stereocenters. The predicted octanol–water partition coefficient (Wildman–Crippen LogP) is 2.94. The summed E-state index contributed by atoms with van der Waals surface area (Å²) in [6, 6.07) is 5.93. The second kappa shape index (κ2) is 7.08. The number of halogens is 1. The standard InChI is InChI=1S/C17H14FN3O4/c1-10-13(16(21-25-10)14-5-3-11(18)7-19-14)9-24-12-4-6-15(20-8-12)17(22)23-2/h3-8H,9H2,1-2H3. The lowest BCUT2D eigenvalue weighted by molar-refractivity contribution is 0.0594. The van der Waals surface area contributed by atoms with Gasteiger partial charge in [0.2, 0.25) is 0 Å². The molecule has 0 aromatic carbocycles. The van der Waals surface area contributed by atoms with E-state index in [1.165, 1.54) is 31.5 Å². The molecule has 25 heavy (non-hydrogen) atoms. The summed E-state index contributed by atoms with van der Waals surface area (Å²) in [7, 11) is 1.29. The lowest BCUT2D eigenvalue weighted by atomic mass is 10.1. The van der Waals surface area contributed by atoms with Crippen LogP contribution < -0.4 is 4.74 Å². The second-order valence-electron chi connectivity index (χ2n) is 5.09. The highest BCUT2D eigenvalue weighted by Gasteiger charge is 2.17. The van der Waals surface area contributed by atoms with E-state index >= 15 is 0 Å². The third-order valence-corrected chi connectivity index (χ3v) is 3.47. The van der Waals surface area contributed by atoms with Crippen LogP contribution in [0.15, 0.2) is 41.2 Å². The van der Waals surface area contributed by atoms with Crippen LogP contribution in [0.5, 0.6) is 5.75 Å². The zero-order valence-corrected chi connectivity index (χ0v) is 13.5. The number of esters is 1. The molecule has 3 aromatic heterocycles. The molecule has 0 saturated carbocycles. The first kappa shape index (κ1) is 16.6. The molecule has 0 spiro atoms. The minimum absolute atomic E-state index is 0.156. The van der Waals surface area contributed by atoms with E-state index in [9.17, 15) is 9.18 Å². The molecule has 0 saturated heterocycles. The maximum atomic E-state index is 13.0. The number of nitrogens with zero attached hydrogens (tertiary/aromatic N) is 3. The fourth-order valence-electron chi connectivity index (χ4n) is 2.12. The van der Waals surface area contributed by atoms with Crippen molar-refractivity contribution in [1.82, 2.24) is 15.1 Å². The Morgan fingerprint density at radius 3 is 2.68 bits per heavy atom. The van der Waals surface area contributed by atoms with Gasteiger partial charge in [0.1, 0.15) is 35.3 Å². The molecule has 0 atom stereocenters. The molecule has 0 amide bonds. The smallest absolute Gasteiger partial charge is 0.356 e. The summed E-state index contributed by atoms with van der Waals surface area (Å²) in [6.07, 6.45) is 2.53. The topological polar surface area (TPSA) is 87.3 Å². The molecule has 8 heteroatoms. The van der Waals surface area contributed by atoms with Crippen LogP contribution in [0.25, 0.3) is 11.4 Å². The van der Waals surface area contributed by atoms with E-state index in [0.717, 1.165) is 6.20 Å². The van der Waals surface area contributed by atoms with Crippen LogP contribution in [-0.2, 0) is 11.3 Å². The number of ether oxygens (including phenoxy) is 2. The SMILES string of the molecule is COC(=O)c1ccc(OCc2c(-c3ccc(F)cn3)noc2C)cn1. The van der Waals surface area contributed by atoms with E-state index in [2.05, 4.69) is 19.9 Å². The van der Waals surface area contributed by atoms with Gasteiger partial charge in [0, 0.05) is 0 Å². The van der Waals surface area contributed by atoms with E-state index in [-0.39, 0.29) is 12.3 Å². The molecule has 3 rings (SSSR count). The van der Waals surface area contributed by atoms with Gasteiger partial charge in [0.15, 0.2) is 0 Å². The summed E-state index contributed by atoms with van der Waals surface area (Å²) in [5.41, 5.74) is 1.84. The highest BCUT2D eigenvalue weighted by Crippen LogP contribution is 2.25. The van der Waals surface area contributed by atoms with E-state index in [0.29, 0.717) is 28.5 Å². The summed E-state index contributed by atoms with van der Waals surface area (Å²) in [6.45, 7) is 1.90. The third kappa shape index (κ3) is 3.63. The van der Waals surface area contributed by atoms with Gasteiger partial charge in [0.25, 0.3) is 0 Å². The van der Waals surface area contributed by atoms with Gasteiger partial charge < -0.3 is 14.0 Å². The van der Waals surface area contributed by atoms with Crippen molar-refractivity contribution in [1.29, 1.82) is 0 Å². The Hall–Kier alpha value is -3.29. The number of methoxy groups -OCH3 is 1. The number of aromatic nitrogens is 3. The first-order valence-corrected chi connectivity index (χ1v) is 7.32. The molecule has 0 bridgehead atoms. The maximum absolute atomic E-state index is 13.0. The van der Waals surface area contributed by atoms with Crippen LogP contribution in [0.2, 0.25) is 0 Å². The van der Waals surface area contributed by atoms with Gasteiger partial charge in [-0.3, -0.25) is 4.98 Å². The molecular weight excluding hydrogens is 329 g/mol. The van der Waals surface area contributed by atoms with Crippen LogP contribution in [-0.4, -0.2) is 28.2 Å². The van der Waals surface area contributed by atoms with Gasteiger partial charge >= 0.3 is 5.97 Å². The van der Waals surface area contributed by atoms with E-state index in [1.807, 2.05) is 0 Å². The van der Waals surface area contributed by atoms with Crippen LogP contribution in [0.3, 0.4) is 0 Å². The lowest BCUT2D eigenvalue weighted by Crippen LogP contribution is -2.04. The van der Waals surface area contributed by atoms with Gasteiger partial charge in [-0.2, -0.15) is 0 Å². The Bertz CT molecular complexity index is 876. The van der Waals surface area contributed by atoms with Gasteiger partial charge in [0.05, 0.1) is 30.8 Å². The predicted molar refractivity (Wildman–Crippen MR) is 84.3 cm³/mol. The Balaban J connectivity index is 1.76. The van der Waals surface area contributed by atoms with Crippen molar-refractivity contribution in [3.8, 4) is 17.1 Å². The highest BCUT2D eigenvalue weighted by atomic mass is 19.1. The van der Waals surface area contributed by atoms with E-state index in [1.54, 1.807) is 13.0 Å². The fourth-order valence-corrected chi connectivity index (χ4v) is 2.12. The monoisotopic (exact) mass is 343 g/mol. The Morgan fingerprint density at radius 1 is 1.20 bits per heavy atom. The van der Waals surface area contributed by atoms with E-state index < -0.39 is 11.8 Å². The molecule has 0 radical (unpaired) electrons. The van der Waals surface area contributed by atoms with Gasteiger partial charge in [-0.15, -0.1) is 0 Å². The molecule has 0 aliphatic heterocycles. The second-order valence-corrected chi connectivity index (χ2v) is 5.09. The molecule has 3 heterocycles. The van der Waals surface area contributed by atoms with E-state index in [4.69, 9.17) is 9.26 Å². The summed E-state index contributed by atoms with van der Waals surface area (Å²) < 4.78 is 28.5. The van der Waals surface area contributed by atoms with Crippen molar-refractivity contribution in [3.05, 3.63) is 59.5 Å². The minimum Gasteiger partial charge on any atom is -0.487 e. The van der Waals surface area contributed by atoms with Gasteiger partial charge in [-0.25, -0.2) is 14.2 Å². The van der Waals surface area contributed by atoms with Crippen molar-refractivity contribution in [3.63, 3.8) is 0 Å². The Kier molecular flexibility index (Phi) is 4.69. The van der Waals surface area contributed by atoms with Crippen molar-refractivity contribution in [2.24, 2.45) is 0 Å². The summed E-state index contributed by atoms with van der Waals surface area (Å²) in [5, 5.41) is 3.96. The van der Waals surface area contributed by atoms with Crippen LogP contribution in [0, 0.1) is 12.7 Å².